The number of nitrogens with zero attached hydrogens (tertiary/aromatic N) is 9. The Morgan fingerprint density at radius 3 is 2.50 bits per heavy atom. The number of nitrogens with one attached hydrogen (secondary N) is 1. The molecule has 224 valence electrons. The number of halogens is 7. The molecule has 0 saturated heterocycles. The first-order chi connectivity index (χ1) is 21.1. The fourth-order valence-electron chi connectivity index (χ4n) is 4.71. The van der Waals surface area contributed by atoms with Crippen molar-refractivity contribution in [2.75, 3.05) is 0 Å². The molecule has 44 heavy (non-hydrogen) atoms. The van der Waals surface area contributed by atoms with E-state index in [-0.39, 0.29) is 28.3 Å². The summed E-state index contributed by atoms with van der Waals surface area (Å²) >= 11 is 6.07. The molecule has 0 aliphatic carbocycles. The number of hydrogen-bond donors (Lipinski definition) is 1. The minimum absolute atomic E-state index is 0.0282. The molecule has 6 aromatic rings. The van der Waals surface area contributed by atoms with Crippen LogP contribution < -0.4 is 4.68 Å². The van der Waals surface area contributed by atoms with Gasteiger partial charge in [0.25, 0.3) is 6.33 Å². The third-order valence-electron chi connectivity index (χ3n) is 6.74. The largest absolute Gasteiger partial charge is 0.433 e. The van der Waals surface area contributed by atoms with Gasteiger partial charge in [0.2, 0.25) is 0 Å². The van der Waals surface area contributed by atoms with Gasteiger partial charge in [-0.15, -0.1) is 4.68 Å². The lowest BCUT2D eigenvalue weighted by molar-refractivity contribution is -0.659. The summed E-state index contributed by atoms with van der Waals surface area (Å²) in [4.78, 5) is 7.93. The van der Waals surface area contributed by atoms with Crippen LogP contribution in [0.4, 0.5) is 26.3 Å². The monoisotopic (exact) mass is 631 g/mol. The van der Waals surface area contributed by atoms with Crippen LogP contribution >= 0.6 is 11.6 Å². The molecule has 10 nitrogen and oxygen atoms in total. The van der Waals surface area contributed by atoms with Crippen LogP contribution in [0.15, 0.2) is 79.8 Å². The molecule has 1 N–H and O–H groups in total. The lowest BCUT2D eigenvalue weighted by Gasteiger charge is -2.19. The third-order valence-corrected chi connectivity index (χ3v) is 7.03. The van der Waals surface area contributed by atoms with Gasteiger partial charge in [-0.05, 0) is 42.0 Å². The highest BCUT2D eigenvalue weighted by atomic mass is 35.5. The molecule has 5 aromatic heterocycles. The first-order valence-electron chi connectivity index (χ1n) is 12.7. The summed E-state index contributed by atoms with van der Waals surface area (Å²) in [5, 5.41) is 17.8. The number of tetrazole rings is 1. The smallest absolute Gasteiger partial charge is 0.263 e. The summed E-state index contributed by atoms with van der Waals surface area (Å²) in [5.41, 5.74) is 0.683. The van der Waals surface area contributed by atoms with Crippen LogP contribution in [0.1, 0.15) is 29.5 Å². The van der Waals surface area contributed by atoms with Gasteiger partial charge in [-0.2, -0.15) is 32.1 Å². The lowest BCUT2D eigenvalue weighted by Crippen LogP contribution is -2.33. The zero-order valence-corrected chi connectivity index (χ0v) is 22.8. The average Bonchev–Trinajstić information content (AvgIpc) is 3.79. The molecule has 0 unspecified atom stereocenters. The summed E-state index contributed by atoms with van der Waals surface area (Å²) in [5.74, 6) is -0.721. The van der Waals surface area contributed by atoms with Crippen molar-refractivity contribution in [3.63, 3.8) is 0 Å². The molecule has 1 aromatic carbocycles. The van der Waals surface area contributed by atoms with Crippen LogP contribution in [0.2, 0.25) is 5.02 Å². The Hall–Kier alpha value is -5.12. The van der Waals surface area contributed by atoms with Gasteiger partial charge >= 0.3 is 12.7 Å². The zero-order valence-electron chi connectivity index (χ0n) is 22.0. The predicted octanol–water partition coefficient (Wildman–Crippen LogP) is 5.64. The van der Waals surface area contributed by atoms with Gasteiger partial charge in [0, 0.05) is 42.3 Å². The number of alkyl halides is 5. The van der Waals surface area contributed by atoms with Gasteiger partial charge in [-0.25, -0.2) is 9.07 Å². The number of H-pyrrole nitrogens is 1. The molecule has 6 rings (SSSR count). The molecule has 1 atom stereocenters. The van der Waals surface area contributed by atoms with Gasteiger partial charge < -0.3 is 0 Å². The second-order valence-corrected chi connectivity index (χ2v) is 9.85. The molecule has 0 aliphatic heterocycles. The number of pyridine rings is 2. The van der Waals surface area contributed by atoms with Gasteiger partial charge in [-0.3, -0.25) is 14.6 Å². The van der Waals surface area contributed by atoms with Crippen molar-refractivity contribution < 1.29 is 31.0 Å². The summed E-state index contributed by atoms with van der Waals surface area (Å²) in [7, 11) is 0. The SMILES string of the molecule is Fc1c(Cl)ccc(-[n+]2cnn[nH]2)c1-c1ccc([C@H](Cc2ccnc(C(F)(F)F)c2)n2cc(-c3ccnn3C(F)F)cn2)nc1. The number of aromatic amines is 1. The van der Waals surface area contributed by atoms with Gasteiger partial charge in [0.1, 0.15) is 16.5 Å². The highest BCUT2D eigenvalue weighted by Gasteiger charge is 2.33. The maximum Gasteiger partial charge on any atom is 0.433 e. The number of aromatic nitrogens is 10. The van der Waals surface area contributed by atoms with Crippen molar-refractivity contribution >= 4 is 11.6 Å². The van der Waals surface area contributed by atoms with E-state index < -0.39 is 30.3 Å². The molecule has 5 heterocycles. The van der Waals surface area contributed by atoms with Crippen molar-refractivity contribution in [2.24, 2.45) is 0 Å². The van der Waals surface area contributed by atoms with E-state index in [2.05, 4.69) is 35.7 Å². The Labute approximate surface area is 248 Å². The Kier molecular flexibility index (Phi) is 7.59. The molecule has 0 bridgehead atoms. The van der Waals surface area contributed by atoms with Crippen LogP contribution in [0.3, 0.4) is 0 Å². The number of hydrogen-bond acceptors (Lipinski definition) is 6. The minimum atomic E-state index is -4.67. The van der Waals surface area contributed by atoms with Crippen LogP contribution in [0.5, 0.6) is 0 Å². The highest BCUT2D eigenvalue weighted by molar-refractivity contribution is 6.31. The summed E-state index contributed by atoms with van der Waals surface area (Å²) in [6, 6.07) is 9.00. The summed E-state index contributed by atoms with van der Waals surface area (Å²) < 4.78 is 85.8. The quantitative estimate of drug-likeness (QED) is 0.172. The first kappa shape index (κ1) is 29.0. The molecular formula is C27H18ClF6N10+. The van der Waals surface area contributed by atoms with Crippen molar-refractivity contribution in [3.8, 4) is 28.1 Å². The van der Waals surface area contributed by atoms with E-state index in [1.165, 1.54) is 58.7 Å². The van der Waals surface area contributed by atoms with Crippen LogP contribution in [0, 0.1) is 5.82 Å². The highest BCUT2D eigenvalue weighted by Crippen LogP contribution is 2.34. The van der Waals surface area contributed by atoms with Crippen molar-refractivity contribution in [1.29, 1.82) is 0 Å². The maximum absolute atomic E-state index is 15.3. The van der Waals surface area contributed by atoms with Crippen LogP contribution in [-0.2, 0) is 12.6 Å². The van der Waals surface area contributed by atoms with E-state index in [0.717, 1.165) is 12.3 Å². The predicted molar refractivity (Wildman–Crippen MR) is 142 cm³/mol. The number of rotatable bonds is 8. The van der Waals surface area contributed by atoms with Crippen molar-refractivity contribution in [2.45, 2.75) is 25.2 Å². The zero-order chi connectivity index (χ0) is 31.0. The van der Waals surface area contributed by atoms with E-state index in [1.54, 1.807) is 18.2 Å². The topological polar surface area (TPSA) is 107 Å². The minimum Gasteiger partial charge on any atom is -0.263 e. The molecule has 0 radical (unpaired) electrons. The summed E-state index contributed by atoms with van der Waals surface area (Å²) in [6.45, 7) is -2.90. The van der Waals surface area contributed by atoms with E-state index >= 15 is 4.39 Å². The van der Waals surface area contributed by atoms with Gasteiger partial charge in [0.15, 0.2) is 11.0 Å². The van der Waals surface area contributed by atoms with E-state index in [4.69, 9.17) is 11.6 Å². The maximum atomic E-state index is 15.3. The molecule has 0 spiro atoms. The average molecular weight is 632 g/mol. The standard InChI is InChI=1S/C27H17ClF6N10/c28-18-2-4-21(43-14-37-40-41-43)24(25(18)29)16-1-3-19(36-11-16)22(9-15-5-7-35-23(10-15)27(32,33)34)42-13-17(12-39-42)20-6-8-38-44(20)26(30)31/h1-8,10-14,22,26H,9H2/p+1/t22-/m0/s1. The second-order valence-electron chi connectivity index (χ2n) is 9.44. The van der Waals surface area contributed by atoms with Crippen molar-refractivity contribution in [1.82, 2.24) is 45.1 Å². The lowest BCUT2D eigenvalue weighted by atomic mass is 10.0. The Morgan fingerprint density at radius 1 is 0.955 bits per heavy atom. The molecule has 0 fully saturated rings. The third kappa shape index (κ3) is 5.62. The van der Waals surface area contributed by atoms with Gasteiger partial charge in [0.05, 0.1) is 34.2 Å². The normalized spacial score (nSPS) is 12.6. The fourth-order valence-corrected chi connectivity index (χ4v) is 4.87. The van der Waals surface area contributed by atoms with E-state index in [9.17, 15) is 22.0 Å². The Morgan fingerprint density at radius 2 is 1.80 bits per heavy atom. The van der Waals surface area contributed by atoms with Gasteiger partial charge in [-0.1, -0.05) is 22.9 Å². The molecular weight excluding hydrogens is 614 g/mol. The molecule has 17 heteroatoms. The van der Waals surface area contributed by atoms with E-state index in [1.807, 2.05) is 0 Å². The Bertz CT molecular complexity index is 1900. The number of benzene rings is 1. The molecule has 0 aliphatic rings. The van der Waals surface area contributed by atoms with Crippen LogP contribution in [-0.4, -0.2) is 45.1 Å². The Balaban J connectivity index is 1.42. The van der Waals surface area contributed by atoms with Crippen molar-refractivity contribution in [3.05, 3.63) is 108 Å². The van der Waals surface area contributed by atoms with E-state index in [0.29, 0.717) is 27.2 Å². The molecule has 0 amide bonds. The fraction of sp³-hybridized carbons (Fsp3) is 0.148. The molecule has 0 saturated carbocycles. The van der Waals surface area contributed by atoms with Crippen LogP contribution in [0.25, 0.3) is 28.1 Å². The second kappa shape index (κ2) is 11.5. The first-order valence-corrected chi connectivity index (χ1v) is 13.1. The summed E-state index contributed by atoms with van der Waals surface area (Å²) in [6.07, 6.45) is 3.10.